The minimum Gasteiger partial charge on any atom is -0.478 e. The van der Waals surface area contributed by atoms with E-state index in [0.717, 1.165) is 6.08 Å². The lowest BCUT2D eigenvalue weighted by Crippen LogP contribution is -2.40. The van der Waals surface area contributed by atoms with Gasteiger partial charge >= 0.3 is 5.97 Å². The first-order valence-electron chi connectivity index (χ1n) is 6.39. The Morgan fingerprint density at radius 1 is 1.33 bits per heavy atom. The second kappa shape index (κ2) is 6.84. The maximum absolute atomic E-state index is 12.0. The van der Waals surface area contributed by atoms with Gasteiger partial charge in [0.15, 0.2) is 0 Å². The number of aliphatic carboxylic acids is 1. The van der Waals surface area contributed by atoms with Gasteiger partial charge in [0.05, 0.1) is 10.5 Å². The molecule has 1 rings (SSSR count). The predicted molar refractivity (Wildman–Crippen MR) is 79.2 cm³/mol. The Morgan fingerprint density at radius 3 is 2.38 bits per heavy atom. The average molecular weight is 313 g/mol. The lowest BCUT2D eigenvalue weighted by Gasteiger charge is -2.21. The first-order valence-corrected chi connectivity index (χ1v) is 7.88. The zero-order valence-electron chi connectivity index (χ0n) is 11.9. The van der Waals surface area contributed by atoms with Crippen molar-refractivity contribution in [1.29, 1.82) is 0 Å². The highest BCUT2D eigenvalue weighted by atomic mass is 32.2. The van der Waals surface area contributed by atoms with Crippen molar-refractivity contribution < 1.29 is 23.4 Å². The van der Waals surface area contributed by atoms with Crippen molar-refractivity contribution >= 4 is 22.1 Å². The van der Waals surface area contributed by atoms with Crippen molar-refractivity contribution in [2.45, 2.75) is 30.8 Å². The van der Waals surface area contributed by atoms with E-state index >= 15 is 0 Å². The highest BCUT2D eigenvalue weighted by Gasteiger charge is 2.22. The van der Waals surface area contributed by atoms with Crippen LogP contribution in [0, 0.1) is 0 Å². The fourth-order valence-corrected chi connectivity index (χ4v) is 2.55. The molecule has 1 aromatic carbocycles. The molecule has 0 fully saturated rings. The van der Waals surface area contributed by atoms with Gasteiger partial charge < -0.3 is 10.2 Å². The number of carboxylic acids is 1. The summed E-state index contributed by atoms with van der Waals surface area (Å²) in [5.74, 6) is -1.07. The molecule has 0 saturated carbocycles. The predicted octanol–water partition coefficient (Wildman–Crippen LogP) is 1.22. The molecule has 0 saturated heterocycles. The molecule has 0 aromatic heterocycles. The fraction of sp³-hybridized carbons (Fsp3) is 0.357. The molecular formula is C14H19NO5S. The Hall–Kier alpha value is -1.70. The monoisotopic (exact) mass is 313 g/mol. The molecule has 0 aliphatic heterocycles. The molecule has 0 amide bonds. The molecule has 0 bridgehead atoms. The van der Waals surface area contributed by atoms with Crippen molar-refractivity contribution in [3.8, 4) is 0 Å². The van der Waals surface area contributed by atoms with E-state index in [1.807, 2.05) is 0 Å². The summed E-state index contributed by atoms with van der Waals surface area (Å²) < 4.78 is 26.4. The van der Waals surface area contributed by atoms with Crippen molar-refractivity contribution in [2.75, 3.05) is 6.54 Å². The van der Waals surface area contributed by atoms with E-state index in [9.17, 15) is 18.3 Å². The number of rotatable bonds is 7. The zero-order chi connectivity index (χ0) is 16.1. The summed E-state index contributed by atoms with van der Waals surface area (Å²) in [6, 6.07) is 5.77. The van der Waals surface area contributed by atoms with Gasteiger partial charge in [0, 0.05) is 12.6 Å². The maximum Gasteiger partial charge on any atom is 0.328 e. The van der Waals surface area contributed by atoms with Crippen LogP contribution in [0.2, 0.25) is 0 Å². The molecule has 0 radical (unpaired) electrons. The second-order valence-corrected chi connectivity index (χ2v) is 6.68. The lowest BCUT2D eigenvalue weighted by molar-refractivity contribution is -0.131. The normalized spacial score (nSPS) is 15.0. The Kier molecular flexibility index (Phi) is 5.65. The third-order valence-electron chi connectivity index (χ3n) is 3.01. The average Bonchev–Trinajstić information content (AvgIpc) is 2.44. The quantitative estimate of drug-likeness (QED) is 0.657. The maximum atomic E-state index is 12.0. The van der Waals surface area contributed by atoms with Crippen LogP contribution < -0.4 is 4.72 Å². The molecule has 1 aromatic rings. The first-order chi connectivity index (χ1) is 9.66. The molecule has 116 valence electrons. The molecule has 21 heavy (non-hydrogen) atoms. The van der Waals surface area contributed by atoms with Crippen LogP contribution in [0.3, 0.4) is 0 Å². The summed E-state index contributed by atoms with van der Waals surface area (Å²) in [5, 5.41) is 18.3. The molecule has 0 aliphatic rings. The smallest absolute Gasteiger partial charge is 0.328 e. The molecule has 1 unspecified atom stereocenters. The Morgan fingerprint density at radius 2 is 1.90 bits per heavy atom. The summed E-state index contributed by atoms with van der Waals surface area (Å²) in [7, 11) is -3.70. The number of carbonyl (C=O) groups is 1. The van der Waals surface area contributed by atoms with Gasteiger partial charge in [-0.25, -0.2) is 17.9 Å². The van der Waals surface area contributed by atoms with Gasteiger partial charge in [-0.2, -0.15) is 0 Å². The van der Waals surface area contributed by atoms with Gasteiger partial charge in [-0.1, -0.05) is 19.1 Å². The van der Waals surface area contributed by atoms with Crippen LogP contribution in [0.1, 0.15) is 25.8 Å². The van der Waals surface area contributed by atoms with E-state index in [-0.39, 0.29) is 11.4 Å². The van der Waals surface area contributed by atoms with E-state index < -0.39 is 21.6 Å². The fourth-order valence-electron chi connectivity index (χ4n) is 1.38. The Labute approximate surface area is 124 Å². The number of aliphatic hydroxyl groups is 1. The molecule has 0 spiro atoms. The van der Waals surface area contributed by atoms with Crippen LogP contribution in [0.4, 0.5) is 0 Å². The van der Waals surface area contributed by atoms with Gasteiger partial charge in [0.25, 0.3) is 0 Å². The third-order valence-corrected chi connectivity index (χ3v) is 4.43. The molecule has 0 heterocycles. The van der Waals surface area contributed by atoms with Crippen LogP contribution in [0.15, 0.2) is 35.2 Å². The molecule has 7 heteroatoms. The SMILES string of the molecule is CCC(C)(O)CNS(=O)(=O)c1ccc(C=CC(=O)O)cc1. The van der Waals surface area contributed by atoms with Gasteiger partial charge in [-0.15, -0.1) is 0 Å². The van der Waals surface area contributed by atoms with E-state index in [4.69, 9.17) is 5.11 Å². The first kappa shape index (κ1) is 17.4. The molecule has 6 nitrogen and oxygen atoms in total. The summed E-state index contributed by atoms with van der Waals surface area (Å²) >= 11 is 0. The highest BCUT2D eigenvalue weighted by molar-refractivity contribution is 7.89. The minimum atomic E-state index is -3.70. The topological polar surface area (TPSA) is 104 Å². The zero-order valence-corrected chi connectivity index (χ0v) is 12.7. The van der Waals surface area contributed by atoms with E-state index in [1.54, 1.807) is 13.8 Å². The molecular weight excluding hydrogens is 294 g/mol. The van der Waals surface area contributed by atoms with Gasteiger partial charge in [-0.3, -0.25) is 0 Å². The van der Waals surface area contributed by atoms with Crippen LogP contribution in [0.5, 0.6) is 0 Å². The minimum absolute atomic E-state index is 0.0573. The number of sulfonamides is 1. The van der Waals surface area contributed by atoms with E-state index in [1.165, 1.54) is 30.3 Å². The summed E-state index contributed by atoms with van der Waals surface area (Å²) in [6.07, 6.45) is 2.77. The summed E-state index contributed by atoms with van der Waals surface area (Å²) in [4.78, 5) is 10.4. The third kappa shape index (κ3) is 5.66. The van der Waals surface area contributed by atoms with Crippen molar-refractivity contribution in [1.82, 2.24) is 4.72 Å². The molecule has 3 N–H and O–H groups in total. The van der Waals surface area contributed by atoms with Crippen molar-refractivity contribution in [2.24, 2.45) is 0 Å². The van der Waals surface area contributed by atoms with Crippen LogP contribution >= 0.6 is 0 Å². The highest BCUT2D eigenvalue weighted by Crippen LogP contribution is 2.13. The number of hydrogen-bond donors (Lipinski definition) is 3. The molecule has 0 aliphatic carbocycles. The van der Waals surface area contributed by atoms with Crippen LogP contribution in [-0.4, -0.2) is 36.7 Å². The van der Waals surface area contributed by atoms with Gasteiger partial charge in [-0.05, 0) is 37.1 Å². The van der Waals surface area contributed by atoms with Crippen molar-refractivity contribution in [3.05, 3.63) is 35.9 Å². The van der Waals surface area contributed by atoms with Gasteiger partial charge in [0.1, 0.15) is 0 Å². The van der Waals surface area contributed by atoms with Crippen molar-refractivity contribution in [3.63, 3.8) is 0 Å². The number of benzene rings is 1. The number of nitrogens with one attached hydrogen (secondary N) is 1. The number of hydrogen-bond acceptors (Lipinski definition) is 4. The lowest BCUT2D eigenvalue weighted by atomic mass is 10.1. The van der Waals surface area contributed by atoms with Crippen LogP contribution in [0.25, 0.3) is 6.08 Å². The summed E-state index contributed by atoms with van der Waals surface area (Å²) in [5.41, 5.74) is -0.519. The summed E-state index contributed by atoms with van der Waals surface area (Å²) in [6.45, 7) is 3.24. The van der Waals surface area contributed by atoms with Crippen LogP contribution in [-0.2, 0) is 14.8 Å². The second-order valence-electron chi connectivity index (χ2n) is 4.92. The van der Waals surface area contributed by atoms with Gasteiger partial charge in [0.2, 0.25) is 10.0 Å². The Bertz CT molecular complexity index is 617. The number of carboxylic acid groups (broad SMARTS) is 1. The largest absolute Gasteiger partial charge is 0.478 e. The Balaban J connectivity index is 2.83. The standard InChI is InChI=1S/C14H19NO5S/c1-3-14(2,18)10-15-21(19,20)12-7-4-11(5-8-12)6-9-13(16)17/h4-9,15,18H,3,10H2,1-2H3,(H,16,17). The molecule has 1 atom stereocenters. The van der Waals surface area contributed by atoms with E-state index in [0.29, 0.717) is 12.0 Å². The van der Waals surface area contributed by atoms with E-state index in [2.05, 4.69) is 4.72 Å².